The summed E-state index contributed by atoms with van der Waals surface area (Å²) in [5, 5.41) is 8.80. The van der Waals surface area contributed by atoms with Crippen molar-refractivity contribution in [3.05, 3.63) is 23.3 Å². The zero-order chi connectivity index (χ0) is 12.9. The van der Waals surface area contributed by atoms with Gasteiger partial charge in [-0.15, -0.1) is 0 Å². The topological polar surface area (TPSA) is 20.2 Å². The normalized spacial score (nSPS) is 24.6. The lowest BCUT2D eigenvalue weighted by molar-refractivity contribution is 0.204. The van der Waals surface area contributed by atoms with Crippen LogP contribution in [0.2, 0.25) is 0 Å². The number of allylic oxidation sites excluding steroid dienone is 3. The molecular weight excluding hydrogens is 208 g/mol. The molecule has 1 aliphatic rings. The second kappa shape index (κ2) is 6.39. The Balaban J connectivity index is 2.55. The molecule has 1 nitrogen and oxygen atoms in total. The van der Waals surface area contributed by atoms with Crippen molar-refractivity contribution < 1.29 is 5.11 Å². The molecule has 1 heteroatoms. The molecule has 0 aromatic carbocycles. The van der Waals surface area contributed by atoms with Gasteiger partial charge >= 0.3 is 0 Å². The van der Waals surface area contributed by atoms with Crippen molar-refractivity contribution in [3.63, 3.8) is 0 Å². The fraction of sp³-hybridized carbons (Fsp3) is 0.750. The predicted molar refractivity (Wildman–Crippen MR) is 75.0 cm³/mol. The van der Waals surface area contributed by atoms with Gasteiger partial charge < -0.3 is 5.11 Å². The third-order valence-electron chi connectivity index (χ3n) is 4.20. The Morgan fingerprint density at radius 1 is 1.53 bits per heavy atom. The van der Waals surface area contributed by atoms with Crippen LogP contribution in [0, 0.1) is 11.3 Å². The minimum Gasteiger partial charge on any atom is -0.396 e. The molecule has 0 aromatic heterocycles. The zero-order valence-electron chi connectivity index (χ0n) is 11.9. The fourth-order valence-corrected chi connectivity index (χ4v) is 3.01. The summed E-state index contributed by atoms with van der Waals surface area (Å²) in [6.45, 7) is 9.55. The number of hydrogen-bond donors (Lipinski definition) is 1. The second-order valence-corrected chi connectivity index (χ2v) is 6.13. The smallest absolute Gasteiger partial charge is 0.0465 e. The highest BCUT2D eigenvalue weighted by Crippen LogP contribution is 2.43. The minimum atomic E-state index is 0.269. The van der Waals surface area contributed by atoms with Crippen molar-refractivity contribution in [2.45, 2.75) is 59.8 Å². The second-order valence-electron chi connectivity index (χ2n) is 6.13. The van der Waals surface area contributed by atoms with E-state index in [1.165, 1.54) is 31.3 Å². The molecule has 1 atom stereocenters. The molecule has 0 aromatic rings. The Labute approximate surface area is 107 Å². The van der Waals surface area contributed by atoms with Gasteiger partial charge in [-0.1, -0.05) is 37.1 Å². The summed E-state index contributed by atoms with van der Waals surface area (Å²) in [6.07, 6.45) is 10.4. The van der Waals surface area contributed by atoms with Crippen LogP contribution in [0.5, 0.6) is 0 Å². The lowest BCUT2D eigenvalue weighted by Gasteiger charge is -2.38. The molecule has 0 saturated carbocycles. The van der Waals surface area contributed by atoms with Gasteiger partial charge in [0.2, 0.25) is 0 Å². The molecule has 98 valence electrons. The average molecular weight is 236 g/mol. The van der Waals surface area contributed by atoms with Gasteiger partial charge in [0.25, 0.3) is 0 Å². The first-order valence-electron chi connectivity index (χ1n) is 6.90. The summed E-state index contributed by atoms with van der Waals surface area (Å²) in [4.78, 5) is 0. The summed E-state index contributed by atoms with van der Waals surface area (Å²) in [6, 6.07) is 0. The molecule has 0 spiro atoms. The Morgan fingerprint density at radius 2 is 2.24 bits per heavy atom. The van der Waals surface area contributed by atoms with E-state index in [2.05, 4.69) is 39.8 Å². The zero-order valence-corrected chi connectivity index (χ0v) is 11.9. The van der Waals surface area contributed by atoms with Gasteiger partial charge in [0.05, 0.1) is 0 Å². The van der Waals surface area contributed by atoms with Crippen LogP contribution in [-0.2, 0) is 0 Å². The molecule has 1 unspecified atom stereocenters. The van der Waals surface area contributed by atoms with Crippen LogP contribution in [0.1, 0.15) is 59.8 Å². The summed E-state index contributed by atoms with van der Waals surface area (Å²) >= 11 is 0. The van der Waals surface area contributed by atoms with Gasteiger partial charge in [0, 0.05) is 6.61 Å². The van der Waals surface area contributed by atoms with Gasteiger partial charge in [0.15, 0.2) is 0 Å². The van der Waals surface area contributed by atoms with Crippen LogP contribution in [0.3, 0.4) is 0 Å². The minimum absolute atomic E-state index is 0.269. The maximum absolute atomic E-state index is 8.80. The summed E-state index contributed by atoms with van der Waals surface area (Å²) < 4.78 is 0. The van der Waals surface area contributed by atoms with Crippen molar-refractivity contribution in [1.82, 2.24) is 0 Å². The molecule has 1 aliphatic carbocycles. The van der Waals surface area contributed by atoms with E-state index in [1.54, 1.807) is 5.57 Å². The molecule has 1 N–H and O–H groups in total. The van der Waals surface area contributed by atoms with Gasteiger partial charge in [-0.05, 0) is 57.3 Å². The number of aliphatic hydroxyl groups excluding tert-OH is 1. The van der Waals surface area contributed by atoms with Crippen LogP contribution in [0.25, 0.3) is 0 Å². The van der Waals surface area contributed by atoms with Gasteiger partial charge in [-0.25, -0.2) is 0 Å². The van der Waals surface area contributed by atoms with Crippen molar-refractivity contribution in [2.75, 3.05) is 6.61 Å². The van der Waals surface area contributed by atoms with E-state index in [9.17, 15) is 0 Å². The number of hydrogen-bond acceptors (Lipinski definition) is 1. The molecule has 0 saturated heterocycles. The molecule has 0 aliphatic heterocycles. The van der Waals surface area contributed by atoms with Gasteiger partial charge in [-0.2, -0.15) is 0 Å². The lowest BCUT2D eigenvalue weighted by Crippen LogP contribution is -2.27. The maximum Gasteiger partial charge on any atom is 0.0465 e. The van der Waals surface area contributed by atoms with Crippen LogP contribution >= 0.6 is 0 Å². The quantitative estimate of drug-likeness (QED) is 0.698. The Morgan fingerprint density at radius 3 is 2.82 bits per heavy atom. The summed E-state index contributed by atoms with van der Waals surface area (Å²) in [5.74, 6) is 0.730. The number of aliphatic hydroxyl groups is 1. The average Bonchev–Trinajstić information content (AvgIpc) is 2.24. The SMILES string of the molecule is CC1=CCCC(C)(C)C1CC/C(C)=C/CCO. The molecule has 0 radical (unpaired) electrons. The summed E-state index contributed by atoms with van der Waals surface area (Å²) in [5.41, 5.74) is 3.46. The first-order valence-corrected chi connectivity index (χ1v) is 6.90. The van der Waals surface area contributed by atoms with Gasteiger partial charge in [-0.3, -0.25) is 0 Å². The van der Waals surface area contributed by atoms with Crippen molar-refractivity contribution in [1.29, 1.82) is 0 Å². The first kappa shape index (κ1) is 14.5. The molecule has 0 fully saturated rings. The molecule has 0 amide bonds. The standard InChI is InChI=1S/C16H28O/c1-13(7-6-12-17)9-10-15-14(2)8-5-11-16(15,3)4/h7-8,15,17H,5-6,9-12H2,1-4H3/b13-7+. The fourth-order valence-electron chi connectivity index (χ4n) is 3.01. The van der Waals surface area contributed by atoms with Crippen LogP contribution in [-0.4, -0.2) is 11.7 Å². The van der Waals surface area contributed by atoms with Crippen LogP contribution < -0.4 is 0 Å². The largest absolute Gasteiger partial charge is 0.396 e. The number of rotatable bonds is 5. The van der Waals surface area contributed by atoms with E-state index < -0.39 is 0 Å². The van der Waals surface area contributed by atoms with E-state index >= 15 is 0 Å². The van der Waals surface area contributed by atoms with Crippen molar-refractivity contribution >= 4 is 0 Å². The predicted octanol–water partition coefficient (Wildman–Crippen LogP) is 4.48. The van der Waals surface area contributed by atoms with E-state index in [1.807, 2.05) is 0 Å². The Bertz CT molecular complexity index is 297. The molecule has 1 rings (SSSR count). The molecule has 17 heavy (non-hydrogen) atoms. The van der Waals surface area contributed by atoms with E-state index in [4.69, 9.17) is 5.11 Å². The van der Waals surface area contributed by atoms with Gasteiger partial charge in [0.1, 0.15) is 0 Å². The van der Waals surface area contributed by atoms with E-state index in [-0.39, 0.29) is 6.61 Å². The first-order chi connectivity index (χ1) is 7.97. The van der Waals surface area contributed by atoms with Crippen molar-refractivity contribution in [3.8, 4) is 0 Å². The van der Waals surface area contributed by atoms with Crippen molar-refractivity contribution in [2.24, 2.45) is 11.3 Å². The molecule has 0 bridgehead atoms. The monoisotopic (exact) mass is 236 g/mol. The van der Waals surface area contributed by atoms with Crippen LogP contribution in [0.4, 0.5) is 0 Å². The third-order valence-corrected chi connectivity index (χ3v) is 4.20. The van der Waals surface area contributed by atoms with Crippen LogP contribution in [0.15, 0.2) is 23.3 Å². The third kappa shape index (κ3) is 4.31. The molecule has 0 heterocycles. The summed E-state index contributed by atoms with van der Waals surface area (Å²) in [7, 11) is 0. The maximum atomic E-state index is 8.80. The Kier molecular flexibility index (Phi) is 5.45. The highest BCUT2D eigenvalue weighted by Gasteiger charge is 2.32. The highest BCUT2D eigenvalue weighted by atomic mass is 16.2. The highest BCUT2D eigenvalue weighted by molar-refractivity contribution is 5.13. The Hall–Kier alpha value is -0.560. The molecular formula is C16H28O. The van der Waals surface area contributed by atoms with E-state index in [0.29, 0.717) is 5.41 Å². The lowest BCUT2D eigenvalue weighted by atomic mass is 9.67. The van der Waals surface area contributed by atoms with E-state index in [0.717, 1.165) is 12.3 Å².